The molecule has 0 aliphatic rings. The Labute approximate surface area is 122 Å². The molecule has 1 aromatic rings. The highest BCUT2D eigenvalue weighted by molar-refractivity contribution is 6.30. The van der Waals surface area contributed by atoms with E-state index in [9.17, 15) is 0 Å². The summed E-state index contributed by atoms with van der Waals surface area (Å²) in [4.78, 5) is 0. The van der Waals surface area contributed by atoms with E-state index in [0.29, 0.717) is 17.9 Å². The van der Waals surface area contributed by atoms with Crippen LogP contribution in [0.5, 0.6) is 5.75 Å². The van der Waals surface area contributed by atoms with Crippen LogP contribution < -0.4 is 10.1 Å². The minimum Gasteiger partial charge on any atom is -0.496 e. The summed E-state index contributed by atoms with van der Waals surface area (Å²) < 4.78 is 5.43. The van der Waals surface area contributed by atoms with E-state index in [-0.39, 0.29) is 0 Å². The van der Waals surface area contributed by atoms with Crippen molar-refractivity contribution in [3.63, 3.8) is 0 Å². The van der Waals surface area contributed by atoms with Gasteiger partial charge in [-0.3, -0.25) is 0 Å². The zero-order valence-corrected chi connectivity index (χ0v) is 13.4. The van der Waals surface area contributed by atoms with Gasteiger partial charge >= 0.3 is 0 Å². The van der Waals surface area contributed by atoms with Crippen LogP contribution in [0.4, 0.5) is 0 Å². The van der Waals surface area contributed by atoms with Gasteiger partial charge in [0.1, 0.15) is 5.75 Å². The lowest BCUT2D eigenvalue weighted by Gasteiger charge is -2.23. The average molecular weight is 284 g/mol. The molecule has 0 fully saturated rings. The van der Waals surface area contributed by atoms with Crippen molar-refractivity contribution in [1.82, 2.24) is 5.32 Å². The Kier molecular flexibility index (Phi) is 6.67. The van der Waals surface area contributed by atoms with Gasteiger partial charge in [0.25, 0.3) is 0 Å². The van der Waals surface area contributed by atoms with Crippen LogP contribution in [0.3, 0.4) is 0 Å². The van der Waals surface area contributed by atoms with E-state index in [2.05, 4.69) is 33.0 Å². The molecule has 0 aromatic heterocycles. The Bertz CT molecular complexity index is 390. The quantitative estimate of drug-likeness (QED) is 0.811. The van der Waals surface area contributed by atoms with E-state index < -0.39 is 0 Å². The van der Waals surface area contributed by atoms with Crippen molar-refractivity contribution >= 4 is 11.6 Å². The van der Waals surface area contributed by atoms with E-state index in [1.165, 1.54) is 5.56 Å². The molecule has 0 aliphatic heterocycles. The van der Waals surface area contributed by atoms with Crippen LogP contribution in [0.25, 0.3) is 0 Å². The number of methoxy groups -OCH3 is 1. The second kappa shape index (κ2) is 7.76. The van der Waals surface area contributed by atoms with Gasteiger partial charge in [-0.1, -0.05) is 39.3 Å². The Balaban J connectivity index is 2.80. The molecule has 1 N–H and O–H groups in total. The van der Waals surface area contributed by atoms with Gasteiger partial charge in [0.05, 0.1) is 7.11 Å². The largest absolute Gasteiger partial charge is 0.496 e. The van der Waals surface area contributed by atoms with Crippen LogP contribution in [-0.2, 0) is 6.42 Å². The van der Waals surface area contributed by atoms with Crippen LogP contribution in [0.2, 0.25) is 5.02 Å². The second-order valence-electron chi connectivity index (χ2n) is 5.73. The normalized spacial score (nSPS) is 13.1. The second-order valence-corrected chi connectivity index (χ2v) is 6.16. The molecule has 2 nitrogen and oxygen atoms in total. The smallest absolute Gasteiger partial charge is 0.122 e. The molecule has 0 bridgehead atoms. The zero-order chi connectivity index (χ0) is 14.4. The van der Waals surface area contributed by atoms with Crippen LogP contribution in [0.1, 0.15) is 33.3 Å². The van der Waals surface area contributed by atoms with E-state index >= 15 is 0 Å². The maximum atomic E-state index is 6.09. The van der Waals surface area contributed by atoms with Gasteiger partial charge in [-0.15, -0.1) is 0 Å². The highest BCUT2D eigenvalue weighted by Gasteiger charge is 2.17. The van der Waals surface area contributed by atoms with Gasteiger partial charge in [0.15, 0.2) is 0 Å². The lowest BCUT2D eigenvalue weighted by atomic mass is 9.88. The lowest BCUT2D eigenvalue weighted by Crippen LogP contribution is -2.32. The molecule has 0 heterocycles. The van der Waals surface area contributed by atoms with Crippen molar-refractivity contribution < 1.29 is 4.74 Å². The van der Waals surface area contributed by atoms with E-state index in [1.54, 1.807) is 7.11 Å². The Morgan fingerprint density at radius 3 is 2.42 bits per heavy atom. The third-order valence-corrected chi connectivity index (χ3v) is 3.69. The van der Waals surface area contributed by atoms with Crippen LogP contribution in [-0.4, -0.2) is 19.7 Å². The standard InChI is InChI=1S/C16H26ClNO/c1-11(2)14(10-18-12(3)4)8-13-9-15(17)6-7-16(13)19-5/h6-7,9,11-12,14,18H,8,10H2,1-5H3. The summed E-state index contributed by atoms with van der Waals surface area (Å²) in [7, 11) is 1.71. The molecule has 108 valence electrons. The third-order valence-electron chi connectivity index (χ3n) is 3.46. The van der Waals surface area contributed by atoms with Crippen molar-refractivity contribution in [3.05, 3.63) is 28.8 Å². The number of hydrogen-bond acceptors (Lipinski definition) is 2. The summed E-state index contributed by atoms with van der Waals surface area (Å²) >= 11 is 6.09. The summed E-state index contributed by atoms with van der Waals surface area (Å²) in [5.74, 6) is 2.13. The number of nitrogens with one attached hydrogen (secondary N) is 1. The summed E-state index contributed by atoms with van der Waals surface area (Å²) in [6.07, 6.45) is 0.987. The first kappa shape index (κ1) is 16.3. The average Bonchev–Trinajstić information content (AvgIpc) is 2.34. The van der Waals surface area contributed by atoms with Crippen molar-refractivity contribution in [2.75, 3.05) is 13.7 Å². The molecule has 1 aromatic carbocycles. The first-order valence-electron chi connectivity index (χ1n) is 6.99. The molecule has 1 unspecified atom stereocenters. The van der Waals surface area contributed by atoms with Gasteiger partial charge in [-0.25, -0.2) is 0 Å². The summed E-state index contributed by atoms with van der Waals surface area (Å²) in [6.45, 7) is 9.91. The number of halogens is 1. The van der Waals surface area contributed by atoms with E-state index in [4.69, 9.17) is 16.3 Å². The van der Waals surface area contributed by atoms with Crippen LogP contribution >= 0.6 is 11.6 Å². The first-order valence-corrected chi connectivity index (χ1v) is 7.37. The van der Waals surface area contributed by atoms with Crippen LogP contribution in [0, 0.1) is 11.8 Å². The predicted molar refractivity (Wildman–Crippen MR) is 83.2 cm³/mol. The fraction of sp³-hybridized carbons (Fsp3) is 0.625. The molecule has 0 radical (unpaired) electrons. The minimum atomic E-state index is 0.516. The zero-order valence-electron chi connectivity index (χ0n) is 12.7. The Hall–Kier alpha value is -0.730. The molecular weight excluding hydrogens is 258 g/mol. The van der Waals surface area contributed by atoms with Gasteiger partial charge in [0.2, 0.25) is 0 Å². The lowest BCUT2D eigenvalue weighted by molar-refractivity contribution is 0.341. The number of benzene rings is 1. The highest BCUT2D eigenvalue weighted by Crippen LogP contribution is 2.27. The van der Waals surface area contributed by atoms with Crippen molar-refractivity contribution in [2.45, 2.75) is 40.2 Å². The fourth-order valence-electron chi connectivity index (χ4n) is 2.12. The Morgan fingerprint density at radius 2 is 1.89 bits per heavy atom. The molecular formula is C16H26ClNO. The van der Waals surface area contributed by atoms with Crippen molar-refractivity contribution in [3.8, 4) is 5.75 Å². The molecule has 19 heavy (non-hydrogen) atoms. The van der Waals surface area contributed by atoms with E-state index in [0.717, 1.165) is 23.7 Å². The van der Waals surface area contributed by atoms with Gasteiger partial charge in [-0.05, 0) is 48.6 Å². The topological polar surface area (TPSA) is 21.3 Å². The summed E-state index contributed by atoms with van der Waals surface area (Å²) in [6, 6.07) is 6.36. The SMILES string of the molecule is COc1ccc(Cl)cc1CC(CNC(C)C)C(C)C. The third kappa shape index (κ3) is 5.42. The number of ether oxygens (including phenoxy) is 1. The van der Waals surface area contributed by atoms with Crippen molar-refractivity contribution in [2.24, 2.45) is 11.8 Å². The molecule has 0 spiro atoms. The molecule has 0 amide bonds. The molecule has 0 saturated carbocycles. The van der Waals surface area contributed by atoms with Crippen molar-refractivity contribution in [1.29, 1.82) is 0 Å². The molecule has 0 aliphatic carbocycles. The highest BCUT2D eigenvalue weighted by atomic mass is 35.5. The van der Waals surface area contributed by atoms with Gasteiger partial charge < -0.3 is 10.1 Å². The molecule has 0 saturated heterocycles. The molecule has 3 heteroatoms. The molecule has 1 rings (SSSR count). The van der Waals surface area contributed by atoms with Gasteiger partial charge in [0, 0.05) is 11.1 Å². The number of hydrogen-bond donors (Lipinski definition) is 1. The first-order chi connectivity index (χ1) is 8.93. The fourth-order valence-corrected chi connectivity index (χ4v) is 2.31. The van der Waals surface area contributed by atoms with E-state index in [1.807, 2.05) is 18.2 Å². The predicted octanol–water partition coefficient (Wildman–Crippen LogP) is 4.16. The Morgan fingerprint density at radius 1 is 1.21 bits per heavy atom. The minimum absolute atomic E-state index is 0.516. The van der Waals surface area contributed by atoms with Gasteiger partial charge in [-0.2, -0.15) is 0 Å². The summed E-state index contributed by atoms with van der Waals surface area (Å²) in [5.41, 5.74) is 1.19. The molecule has 1 atom stereocenters. The summed E-state index contributed by atoms with van der Waals surface area (Å²) in [5, 5.41) is 4.30. The van der Waals surface area contributed by atoms with Crippen LogP contribution in [0.15, 0.2) is 18.2 Å². The monoisotopic (exact) mass is 283 g/mol. The maximum absolute atomic E-state index is 6.09. The number of rotatable bonds is 7. The maximum Gasteiger partial charge on any atom is 0.122 e.